The first-order valence-corrected chi connectivity index (χ1v) is 9.75. The number of carbonyl (C=O) groups is 1. The van der Waals surface area contributed by atoms with Crippen LogP contribution in [0.5, 0.6) is 0 Å². The summed E-state index contributed by atoms with van der Waals surface area (Å²) >= 11 is 0. The van der Waals surface area contributed by atoms with E-state index in [0.29, 0.717) is 31.1 Å². The van der Waals surface area contributed by atoms with Gasteiger partial charge >= 0.3 is 6.03 Å². The Kier molecular flexibility index (Phi) is 5.51. The largest absolute Gasteiger partial charge is 0.338 e. The molecule has 6 nitrogen and oxygen atoms in total. The molecule has 0 aliphatic carbocycles. The third kappa shape index (κ3) is 4.60. The lowest BCUT2D eigenvalue weighted by molar-refractivity contribution is 0.235. The van der Waals surface area contributed by atoms with Gasteiger partial charge in [0.2, 0.25) is 10.0 Å². The summed E-state index contributed by atoms with van der Waals surface area (Å²) in [6.07, 6.45) is 2.69. The lowest BCUT2D eigenvalue weighted by Gasteiger charge is -2.34. The zero-order valence-corrected chi connectivity index (χ0v) is 14.7. The zero-order chi connectivity index (χ0) is 17.0. The molecule has 0 bridgehead atoms. The Labute approximate surface area is 138 Å². The van der Waals surface area contributed by atoms with Crippen molar-refractivity contribution in [2.75, 3.05) is 23.7 Å². The molecule has 0 spiro atoms. The number of sulfonamides is 1. The molecule has 1 aliphatic rings. The van der Waals surface area contributed by atoms with Gasteiger partial charge in [0.1, 0.15) is 0 Å². The summed E-state index contributed by atoms with van der Waals surface area (Å²) in [5.74, 6) is 0.536. The topological polar surface area (TPSA) is 78.5 Å². The highest BCUT2D eigenvalue weighted by atomic mass is 32.2. The Morgan fingerprint density at radius 1 is 1.35 bits per heavy atom. The molecule has 1 aromatic rings. The van der Waals surface area contributed by atoms with Crippen LogP contribution in [0.4, 0.5) is 10.5 Å². The average molecular weight is 339 g/mol. The van der Waals surface area contributed by atoms with Crippen molar-refractivity contribution in [3.05, 3.63) is 29.8 Å². The standard InChI is InChI=1S/C16H25N3O3S/c1-12(2)8-10-17-16(20)18-14-9-11-19(23(3,21)22)15-7-5-4-6-13(14)15/h4-7,12,14H,8-11H2,1-3H3,(H2,17,18,20). The zero-order valence-electron chi connectivity index (χ0n) is 13.9. The van der Waals surface area contributed by atoms with Crippen LogP contribution in [0.25, 0.3) is 0 Å². The Hall–Kier alpha value is -1.76. The molecule has 1 atom stereocenters. The molecule has 2 rings (SSSR count). The fraction of sp³-hybridized carbons (Fsp3) is 0.562. The van der Waals surface area contributed by atoms with E-state index in [1.54, 1.807) is 6.07 Å². The minimum Gasteiger partial charge on any atom is -0.338 e. The Balaban J connectivity index is 2.08. The third-order valence-electron chi connectivity index (χ3n) is 3.91. The van der Waals surface area contributed by atoms with Crippen LogP contribution in [0.1, 0.15) is 38.3 Å². The van der Waals surface area contributed by atoms with Crippen molar-refractivity contribution >= 4 is 21.7 Å². The summed E-state index contributed by atoms with van der Waals surface area (Å²) in [7, 11) is -3.31. The molecule has 0 fully saturated rings. The molecule has 2 N–H and O–H groups in total. The number of hydrogen-bond donors (Lipinski definition) is 2. The van der Waals surface area contributed by atoms with Crippen molar-refractivity contribution in [2.45, 2.75) is 32.7 Å². The van der Waals surface area contributed by atoms with E-state index in [1.165, 1.54) is 10.6 Å². The summed E-state index contributed by atoms with van der Waals surface area (Å²) in [5.41, 5.74) is 1.48. The highest BCUT2D eigenvalue weighted by Crippen LogP contribution is 2.34. The molecular weight excluding hydrogens is 314 g/mol. The van der Waals surface area contributed by atoms with Gasteiger partial charge in [0.05, 0.1) is 18.0 Å². The fourth-order valence-corrected chi connectivity index (χ4v) is 3.67. The van der Waals surface area contributed by atoms with Gasteiger partial charge in [-0.2, -0.15) is 0 Å². The molecule has 1 heterocycles. The summed E-state index contributed by atoms with van der Waals surface area (Å²) in [6.45, 7) is 5.22. The number of amides is 2. The van der Waals surface area contributed by atoms with Crippen LogP contribution in [0.2, 0.25) is 0 Å². The van der Waals surface area contributed by atoms with E-state index in [2.05, 4.69) is 24.5 Å². The fourth-order valence-electron chi connectivity index (χ4n) is 2.71. The highest BCUT2D eigenvalue weighted by Gasteiger charge is 2.30. The normalized spacial score (nSPS) is 17.7. The molecule has 128 valence electrons. The number of benzene rings is 1. The summed E-state index contributed by atoms with van der Waals surface area (Å²) < 4.78 is 25.2. The number of para-hydroxylation sites is 1. The first-order valence-electron chi connectivity index (χ1n) is 7.90. The van der Waals surface area contributed by atoms with Crippen molar-refractivity contribution in [1.82, 2.24) is 10.6 Å². The van der Waals surface area contributed by atoms with Crippen LogP contribution in [0, 0.1) is 5.92 Å². The van der Waals surface area contributed by atoms with Crippen LogP contribution in [0.3, 0.4) is 0 Å². The average Bonchev–Trinajstić information content (AvgIpc) is 2.46. The molecular formula is C16H25N3O3S. The number of carbonyl (C=O) groups excluding carboxylic acids is 1. The second-order valence-corrected chi connectivity index (χ2v) is 8.22. The van der Waals surface area contributed by atoms with E-state index in [1.807, 2.05) is 18.2 Å². The number of anilines is 1. The maximum absolute atomic E-state index is 12.0. The first-order chi connectivity index (χ1) is 10.8. The highest BCUT2D eigenvalue weighted by molar-refractivity contribution is 7.92. The van der Waals surface area contributed by atoms with Gasteiger partial charge in [-0.05, 0) is 30.4 Å². The SMILES string of the molecule is CC(C)CCNC(=O)NC1CCN(S(C)(=O)=O)c2ccccc21. The van der Waals surface area contributed by atoms with E-state index in [4.69, 9.17) is 0 Å². The van der Waals surface area contributed by atoms with Gasteiger partial charge in [0, 0.05) is 13.1 Å². The van der Waals surface area contributed by atoms with Gasteiger partial charge < -0.3 is 10.6 Å². The smallest absolute Gasteiger partial charge is 0.315 e. The van der Waals surface area contributed by atoms with E-state index in [9.17, 15) is 13.2 Å². The Bertz CT molecular complexity index is 658. The van der Waals surface area contributed by atoms with Crippen molar-refractivity contribution in [3.8, 4) is 0 Å². The van der Waals surface area contributed by atoms with Crippen molar-refractivity contribution in [2.24, 2.45) is 5.92 Å². The van der Waals surface area contributed by atoms with E-state index in [0.717, 1.165) is 12.0 Å². The molecule has 7 heteroatoms. The predicted molar refractivity (Wildman–Crippen MR) is 92.0 cm³/mol. The first kappa shape index (κ1) is 17.6. The predicted octanol–water partition coefficient (Wildman–Crippen LogP) is 2.24. The number of hydrogen-bond acceptors (Lipinski definition) is 3. The van der Waals surface area contributed by atoms with Gasteiger partial charge in [-0.3, -0.25) is 4.31 Å². The molecule has 1 unspecified atom stereocenters. The Morgan fingerprint density at radius 2 is 2.04 bits per heavy atom. The van der Waals surface area contributed by atoms with E-state index >= 15 is 0 Å². The van der Waals surface area contributed by atoms with Crippen molar-refractivity contribution < 1.29 is 13.2 Å². The number of nitrogens with zero attached hydrogens (tertiary/aromatic N) is 1. The second-order valence-electron chi connectivity index (χ2n) is 6.32. The monoisotopic (exact) mass is 339 g/mol. The van der Waals surface area contributed by atoms with Crippen molar-refractivity contribution in [3.63, 3.8) is 0 Å². The van der Waals surface area contributed by atoms with Gasteiger partial charge in [0.25, 0.3) is 0 Å². The minimum absolute atomic E-state index is 0.178. The van der Waals surface area contributed by atoms with E-state index in [-0.39, 0.29) is 12.1 Å². The number of nitrogens with one attached hydrogen (secondary N) is 2. The van der Waals surface area contributed by atoms with Gasteiger partial charge in [-0.25, -0.2) is 13.2 Å². The molecule has 23 heavy (non-hydrogen) atoms. The summed E-state index contributed by atoms with van der Waals surface area (Å²) in [6, 6.07) is 6.92. The van der Waals surface area contributed by atoms with Crippen LogP contribution < -0.4 is 14.9 Å². The number of urea groups is 1. The second kappa shape index (κ2) is 7.21. The molecule has 2 amide bonds. The van der Waals surface area contributed by atoms with Crippen LogP contribution in [0.15, 0.2) is 24.3 Å². The van der Waals surface area contributed by atoms with Crippen LogP contribution in [-0.4, -0.2) is 33.8 Å². The summed E-state index contributed by atoms with van der Waals surface area (Å²) in [4.78, 5) is 12.0. The third-order valence-corrected chi connectivity index (χ3v) is 5.09. The van der Waals surface area contributed by atoms with Crippen LogP contribution in [-0.2, 0) is 10.0 Å². The lowest BCUT2D eigenvalue weighted by atomic mass is 9.98. The van der Waals surface area contributed by atoms with E-state index < -0.39 is 10.0 Å². The minimum atomic E-state index is -3.31. The van der Waals surface area contributed by atoms with Gasteiger partial charge in [0.15, 0.2) is 0 Å². The Morgan fingerprint density at radius 3 is 2.70 bits per heavy atom. The molecule has 0 aromatic heterocycles. The summed E-state index contributed by atoms with van der Waals surface area (Å²) in [5, 5.41) is 5.80. The van der Waals surface area contributed by atoms with Gasteiger partial charge in [-0.15, -0.1) is 0 Å². The molecule has 0 radical (unpaired) electrons. The molecule has 1 aromatic carbocycles. The maximum atomic E-state index is 12.0. The number of rotatable bonds is 5. The van der Waals surface area contributed by atoms with Gasteiger partial charge in [-0.1, -0.05) is 32.0 Å². The van der Waals surface area contributed by atoms with Crippen LogP contribution >= 0.6 is 0 Å². The lowest BCUT2D eigenvalue weighted by Crippen LogP contribution is -2.43. The maximum Gasteiger partial charge on any atom is 0.315 e. The number of fused-ring (bicyclic) bond motifs is 1. The quantitative estimate of drug-likeness (QED) is 0.863. The molecule has 0 saturated heterocycles. The molecule has 1 aliphatic heterocycles. The molecule has 0 saturated carbocycles. The van der Waals surface area contributed by atoms with Crippen molar-refractivity contribution in [1.29, 1.82) is 0 Å².